The third kappa shape index (κ3) is 6.12. The van der Waals surface area contributed by atoms with Crippen molar-refractivity contribution in [3.8, 4) is 17.2 Å². The van der Waals surface area contributed by atoms with Crippen LogP contribution in [0.3, 0.4) is 0 Å². The van der Waals surface area contributed by atoms with Gasteiger partial charge in [-0.25, -0.2) is 18.3 Å². The number of anilines is 2. The largest absolute Gasteiger partial charge is 0.457 e. The van der Waals surface area contributed by atoms with Gasteiger partial charge in [0.15, 0.2) is 0 Å². The average Bonchev–Trinajstić information content (AvgIpc) is 3.30. The minimum absolute atomic E-state index is 0.0940. The van der Waals surface area contributed by atoms with E-state index in [1.54, 1.807) is 12.1 Å². The number of halogens is 2. The van der Waals surface area contributed by atoms with Crippen molar-refractivity contribution in [1.29, 1.82) is 0 Å². The maximum Gasteiger partial charge on any atom is 0.324 e. The van der Waals surface area contributed by atoms with E-state index in [0.717, 1.165) is 6.07 Å². The van der Waals surface area contributed by atoms with Crippen LogP contribution in [0.2, 0.25) is 0 Å². The summed E-state index contributed by atoms with van der Waals surface area (Å²) in [5.41, 5.74) is 0.791. The lowest BCUT2D eigenvalue weighted by Crippen LogP contribution is -2.22. The Bertz CT molecular complexity index is 1500. The first-order valence-corrected chi connectivity index (χ1v) is 11.6. The number of carbonyl (C=O) groups is 2. The van der Waals surface area contributed by atoms with Gasteiger partial charge in [0.1, 0.15) is 34.6 Å². The molecule has 0 spiro atoms. The number of hydrogen-bond acceptors (Lipinski definition) is 5. The molecule has 0 radical (unpaired) electrons. The molecular formula is C27H26F2N6O3. The summed E-state index contributed by atoms with van der Waals surface area (Å²) in [5, 5.41) is 12.1. The van der Waals surface area contributed by atoms with Gasteiger partial charge in [-0.1, -0.05) is 26.8 Å². The number of benzene rings is 2. The zero-order valence-corrected chi connectivity index (χ0v) is 21.2. The van der Waals surface area contributed by atoms with E-state index in [4.69, 9.17) is 4.74 Å². The first kappa shape index (κ1) is 26.3. The Morgan fingerprint density at radius 1 is 0.947 bits per heavy atom. The zero-order chi connectivity index (χ0) is 27.4. The second-order valence-electron chi connectivity index (χ2n) is 9.34. The van der Waals surface area contributed by atoms with Crippen molar-refractivity contribution in [2.75, 3.05) is 17.7 Å². The van der Waals surface area contributed by atoms with Crippen LogP contribution in [0.15, 0.2) is 66.9 Å². The van der Waals surface area contributed by atoms with Gasteiger partial charge in [0.25, 0.3) is 5.91 Å². The molecule has 2 aromatic heterocycles. The summed E-state index contributed by atoms with van der Waals surface area (Å²) in [4.78, 5) is 28.5. The molecule has 11 heteroatoms. The molecule has 0 atom stereocenters. The van der Waals surface area contributed by atoms with Gasteiger partial charge in [0.2, 0.25) is 0 Å². The first-order valence-electron chi connectivity index (χ1n) is 11.6. The summed E-state index contributed by atoms with van der Waals surface area (Å²) < 4.78 is 35.7. The molecule has 0 aliphatic rings. The molecule has 3 N–H and O–H groups in total. The summed E-state index contributed by atoms with van der Waals surface area (Å²) in [6.45, 7) is 5.87. The van der Waals surface area contributed by atoms with Crippen molar-refractivity contribution in [2.45, 2.75) is 26.2 Å². The summed E-state index contributed by atoms with van der Waals surface area (Å²) in [5.74, 6) is -0.860. The van der Waals surface area contributed by atoms with Crippen molar-refractivity contribution in [3.05, 3.63) is 89.9 Å². The summed E-state index contributed by atoms with van der Waals surface area (Å²) in [7, 11) is 1.48. The number of nitrogens with one attached hydrogen (secondary N) is 3. The molecule has 2 heterocycles. The standard InChI is InChI=1S/C27H26F2N6O3/c1-27(2,3)23-15-24(35(34-23)17-7-5-6-16(28)12-17)33-26(37)32-21-9-8-18(13-20(21)29)38-19-10-11-31-22(14-19)25(36)30-4/h5-15H,1-4H3,(H,30,36)(H2,32,33,37). The van der Waals surface area contributed by atoms with Crippen molar-refractivity contribution >= 4 is 23.4 Å². The molecule has 38 heavy (non-hydrogen) atoms. The van der Waals surface area contributed by atoms with E-state index in [2.05, 4.69) is 26.0 Å². The first-order chi connectivity index (χ1) is 18.0. The molecule has 0 unspecified atom stereocenters. The molecule has 0 saturated carbocycles. The van der Waals surface area contributed by atoms with E-state index in [9.17, 15) is 18.4 Å². The molecule has 4 rings (SSSR count). The minimum Gasteiger partial charge on any atom is -0.457 e. The van der Waals surface area contributed by atoms with Crippen LogP contribution in [0.4, 0.5) is 25.1 Å². The predicted octanol–water partition coefficient (Wildman–Crippen LogP) is 5.64. The number of carbonyl (C=O) groups excluding carboxylic acids is 2. The van der Waals surface area contributed by atoms with Crippen LogP contribution in [-0.4, -0.2) is 33.8 Å². The maximum atomic E-state index is 14.8. The van der Waals surface area contributed by atoms with Gasteiger partial charge >= 0.3 is 6.03 Å². The van der Waals surface area contributed by atoms with Crippen LogP contribution in [0.5, 0.6) is 11.5 Å². The van der Waals surface area contributed by atoms with Crippen molar-refractivity contribution in [2.24, 2.45) is 0 Å². The second kappa shape index (κ2) is 10.7. The zero-order valence-electron chi connectivity index (χ0n) is 21.2. The summed E-state index contributed by atoms with van der Waals surface area (Å²) >= 11 is 0. The van der Waals surface area contributed by atoms with E-state index in [0.29, 0.717) is 11.4 Å². The third-order valence-corrected chi connectivity index (χ3v) is 5.39. The quantitative estimate of drug-likeness (QED) is 0.305. The van der Waals surface area contributed by atoms with E-state index in [-0.39, 0.29) is 40.0 Å². The highest BCUT2D eigenvalue weighted by Crippen LogP contribution is 2.28. The molecule has 9 nitrogen and oxygen atoms in total. The fourth-order valence-corrected chi connectivity index (χ4v) is 3.43. The van der Waals surface area contributed by atoms with Gasteiger partial charge in [-0.05, 0) is 36.4 Å². The van der Waals surface area contributed by atoms with E-state index in [1.165, 1.54) is 60.4 Å². The Hall–Kier alpha value is -4.80. The Labute approximate surface area is 217 Å². The van der Waals surface area contributed by atoms with E-state index >= 15 is 0 Å². The molecule has 0 fully saturated rings. The topological polar surface area (TPSA) is 110 Å². The Morgan fingerprint density at radius 2 is 1.71 bits per heavy atom. The van der Waals surface area contributed by atoms with Crippen molar-refractivity contribution in [3.63, 3.8) is 0 Å². The normalized spacial score (nSPS) is 11.1. The maximum absolute atomic E-state index is 14.8. The fourth-order valence-electron chi connectivity index (χ4n) is 3.43. The molecule has 3 amide bonds. The molecule has 0 aliphatic carbocycles. The smallest absolute Gasteiger partial charge is 0.324 e. The SMILES string of the molecule is CNC(=O)c1cc(Oc2ccc(NC(=O)Nc3cc(C(C)(C)C)nn3-c3cccc(F)c3)c(F)c2)ccn1. The van der Waals surface area contributed by atoms with Gasteiger partial charge < -0.3 is 15.4 Å². The van der Waals surface area contributed by atoms with E-state index < -0.39 is 17.7 Å². The number of urea groups is 1. The number of amides is 3. The van der Waals surface area contributed by atoms with Gasteiger partial charge in [0, 0.05) is 36.9 Å². The van der Waals surface area contributed by atoms with Crippen molar-refractivity contribution < 1.29 is 23.1 Å². The summed E-state index contributed by atoms with van der Waals surface area (Å²) in [6, 6.07) is 13.6. The van der Waals surface area contributed by atoms with Crippen LogP contribution in [-0.2, 0) is 5.41 Å². The Balaban J connectivity index is 1.50. The van der Waals surface area contributed by atoms with Crippen LogP contribution in [0, 0.1) is 11.6 Å². The molecule has 4 aromatic rings. The average molecular weight is 521 g/mol. The number of aromatic nitrogens is 3. The molecule has 196 valence electrons. The monoisotopic (exact) mass is 520 g/mol. The van der Waals surface area contributed by atoms with Crippen LogP contribution in [0.25, 0.3) is 5.69 Å². The van der Waals surface area contributed by atoms with Gasteiger partial charge in [-0.2, -0.15) is 5.10 Å². The van der Waals surface area contributed by atoms with Gasteiger partial charge in [-0.3, -0.25) is 15.1 Å². The Morgan fingerprint density at radius 3 is 2.39 bits per heavy atom. The highest BCUT2D eigenvalue weighted by molar-refractivity contribution is 5.99. The third-order valence-electron chi connectivity index (χ3n) is 5.39. The number of pyridine rings is 1. The minimum atomic E-state index is -0.743. The Kier molecular flexibility index (Phi) is 7.38. The van der Waals surface area contributed by atoms with Crippen LogP contribution in [0.1, 0.15) is 37.0 Å². The molecule has 0 saturated heterocycles. The molecule has 2 aromatic carbocycles. The number of hydrogen-bond donors (Lipinski definition) is 3. The van der Waals surface area contributed by atoms with Crippen molar-refractivity contribution in [1.82, 2.24) is 20.1 Å². The summed E-state index contributed by atoms with van der Waals surface area (Å²) in [6.07, 6.45) is 1.40. The molecule has 0 aliphatic heterocycles. The van der Waals surface area contributed by atoms with E-state index in [1.807, 2.05) is 20.8 Å². The fraction of sp³-hybridized carbons (Fsp3) is 0.185. The highest BCUT2D eigenvalue weighted by Gasteiger charge is 2.22. The second-order valence-corrected chi connectivity index (χ2v) is 9.34. The lowest BCUT2D eigenvalue weighted by Gasteiger charge is -2.14. The predicted molar refractivity (Wildman–Crippen MR) is 139 cm³/mol. The van der Waals surface area contributed by atoms with Crippen LogP contribution < -0.4 is 20.7 Å². The lowest BCUT2D eigenvalue weighted by atomic mass is 9.92. The number of rotatable bonds is 6. The van der Waals surface area contributed by atoms with Crippen LogP contribution >= 0.6 is 0 Å². The molecular weight excluding hydrogens is 494 g/mol. The van der Waals surface area contributed by atoms with Gasteiger partial charge in [-0.15, -0.1) is 0 Å². The van der Waals surface area contributed by atoms with Gasteiger partial charge in [0.05, 0.1) is 17.1 Å². The number of nitrogens with zero attached hydrogens (tertiary/aromatic N) is 3. The molecule has 0 bridgehead atoms. The highest BCUT2D eigenvalue weighted by atomic mass is 19.1. The lowest BCUT2D eigenvalue weighted by molar-refractivity contribution is 0.0957. The number of ether oxygens (including phenoxy) is 1.